The third kappa shape index (κ3) is 6.27. The molecule has 0 spiro atoms. The van der Waals surface area contributed by atoms with E-state index in [1.54, 1.807) is 23.7 Å². The van der Waals surface area contributed by atoms with E-state index in [4.69, 9.17) is 21.8 Å². The van der Waals surface area contributed by atoms with Gasteiger partial charge in [0.15, 0.2) is 5.69 Å². The Morgan fingerprint density at radius 3 is 2.44 bits per heavy atom. The van der Waals surface area contributed by atoms with E-state index < -0.39 is 22.9 Å². The van der Waals surface area contributed by atoms with Crippen molar-refractivity contribution in [3.63, 3.8) is 0 Å². The van der Waals surface area contributed by atoms with E-state index in [1.807, 2.05) is 36.9 Å². The first kappa shape index (κ1) is 29.9. The Morgan fingerprint density at radius 1 is 1.12 bits per heavy atom. The summed E-state index contributed by atoms with van der Waals surface area (Å²) in [5.74, 6) is 0.451. The lowest BCUT2D eigenvalue weighted by Crippen LogP contribution is -2.48. The quantitative estimate of drug-likeness (QED) is 0.292. The smallest absolute Gasteiger partial charge is 0.283 e. The molecule has 15 heteroatoms. The van der Waals surface area contributed by atoms with Gasteiger partial charge in [0.1, 0.15) is 22.2 Å². The lowest BCUT2D eigenvalue weighted by Gasteiger charge is -2.36. The summed E-state index contributed by atoms with van der Waals surface area (Å²) in [5, 5.41) is 12.9. The predicted molar refractivity (Wildman–Crippen MR) is 166 cm³/mol. The van der Waals surface area contributed by atoms with Gasteiger partial charge in [0, 0.05) is 45.0 Å². The van der Waals surface area contributed by atoms with Gasteiger partial charge in [-0.2, -0.15) is 5.26 Å². The number of aromatic nitrogens is 5. The van der Waals surface area contributed by atoms with Gasteiger partial charge in [0.25, 0.3) is 11.5 Å². The van der Waals surface area contributed by atoms with E-state index in [9.17, 15) is 13.8 Å². The monoisotopic (exact) mass is 620 g/mol. The highest BCUT2D eigenvalue weighted by Gasteiger charge is 2.25. The number of amides is 1. The molecule has 1 aromatic carbocycles. The maximum Gasteiger partial charge on any atom is 0.283 e. The number of aryl methyl sites for hydroxylation is 1. The number of fused-ring (bicyclic) bond motifs is 1. The Hall–Kier alpha value is -4.61. The Labute approximate surface area is 255 Å². The number of carbonyl (C=O) groups excluding carboxylic acids is 1. The summed E-state index contributed by atoms with van der Waals surface area (Å²) < 4.78 is 15.5. The van der Waals surface area contributed by atoms with E-state index >= 15 is 0 Å². The maximum absolute atomic E-state index is 13.6. The molecule has 4 heterocycles. The van der Waals surface area contributed by atoms with Crippen molar-refractivity contribution in [2.75, 3.05) is 47.6 Å². The number of benzene rings is 1. The number of piperazine rings is 1. The van der Waals surface area contributed by atoms with Crippen molar-refractivity contribution in [1.82, 2.24) is 29.2 Å². The maximum atomic E-state index is 13.6. The van der Waals surface area contributed by atoms with Crippen molar-refractivity contribution < 1.29 is 9.00 Å². The highest BCUT2D eigenvalue weighted by molar-refractivity contribution is 7.82. The average molecular weight is 621 g/mol. The first-order valence-electron chi connectivity index (χ1n) is 13.4. The highest BCUT2D eigenvalue weighted by atomic mass is 35.5. The second-order valence-electron chi connectivity index (χ2n) is 10.2. The number of nitrogens with one attached hydrogen (secondary N) is 2. The van der Waals surface area contributed by atoms with Gasteiger partial charge < -0.3 is 15.1 Å². The van der Waals surface area contributed by atoms with Gasteiger partial charge >= 0.3 is 0 Å². The standard InChI is InChI=1S/C28H29ClN10O3S/c1-16-11-19(17(2)33-21-5-6-22(29)34-24(21)25(40)36-43(4)42)23-20(12-16)26(41)37(3)28(35-23)39-9-7-38(8-10-39)27-31-14-18(13-30)15-32-27/h5-6,11-12,14-15,17,33H,7-10H2,1-4H3,(H,36,40). The lowest BCUT2D eigenvalue weighted by molar-refractivity contribution is 0.0979. The highest BCUT2D eigenvalue weighted by Crippen LogP contribution is 2.29. The fourth-order valence-electron chi connectivity index (χ4n) is 5.02. The molecule has 4 aromatic rings. The van der Waals surface area contributed by atoms with E-state index in [2.05, 4.69) is 29.9 Å². The van der Waals surface area contributed by atoms with Gasteiger partial charge in [-0.25, -0.2) is 24.1 Å². The van der Waals surface area contributed by atoms with Crippen LogP contribution in [0.25, 0.3) is 10.9 Å². The van der Waals surface area contributed by atoms with Gasteiger partial charge in [0.2, 0.25) is 11.9 Å². The number of nitrogens with zero attached hydrogens (tertiary/aromatic N) is 8. The Balaban J connectivity index is 1.46. The molecule has 0 saturated carbocycles. The van der Waals surface area contributed by atoms with Crippen LogP contribution in [0, 0.1) is 18.3 Å². The normalized spacial score (nSPS) is 14.7. The Morgan fingerprint density at radius 2 is 1.79 bits per heavy atom. The van der Waals surface area contributed by atoms with Crippen molar-refractivity contribution in [2.24, 2.45) is 7.05 Å². The second kappa shape index (κ2) is 12.3. The predicted octanol–water partition coefficient (Wildman–Crippen LogP) is 2.47. The molecule has 2 atom stereocenters. The number of halogens is 1. The van der Waals surface area contributed by atoms with E-state index in [-0.39, 0.29) is 16.4 Å². The summed E-state index contributed by atoms with van der Waals surface area (Å²) in [5.41, 5.74) is 2.81. The summed E-state index contributed by atoms with van der Waals surface area (Å²) >= 11 is 6.06. The van der Waals surface area contributed by atoms with Gasteiger partial charge in [-0.05, 0) is 37.6 Å². The van der Waals surface area contributed by atoms with Crippen molar-refractivity contribution >= 4 is 57.0 Å². The fourth-order valence-corrected chi connectivity index (χ4v) is 5.52. The molecule has 2 N–H and O–H groups in total. The van der Waals surface area contributed by atoms with Crippen molar-refractivity contribution in [2.45, 2.75) is 19.9 Å². The number of pyridine rings is 1. The molecule has 1 fully saturated rings. The van der Waals surface area contributed by atoms with Crippen LogP contribution in [0.1, 0.15) is 40.1 Å². The third-order valence-corrected chi connectivity index (χ3v) is 7.78. The molecule has 0 radical (unpaired) electrons. The van der Waals surface area contributed by atoms with Crippen molar-refractivity contribution in [3.8, 4) is 6.07 Å². The van der Waals surface area contributed by atoms with Crippen LogP contribution in [0.2, 0.25) is 5.15 Å². The number of anilines is 3. The van der Waals surface area contributed by atoms with Crippen LogP contribution in [0.5, 0.6) is 0 Å². The van der Waals surface area contributed by atoms with Gasteiger partial charge in [-0.15, -0.1) is 0 Å². The molecule has 0 bridgehead atoms. The zero-order valence-corrected chi connectivity index (χ0v) is 25.5. The molecular formula is C28H29ClN10O3S. The van der Waals surface area contributed by atoms with Crippen LogP contribution in [0.15, 0.2) is 41.5 Å². The number of hydrogen-bond acceptors (Lipinski definition) is 11. The zero-order valence-electron chi connectivity index (χ0n) is 24.0. The molecule has 1 amide bonds. The van der Waals surface area contributed by atoms with Crippen LogP contribution in [-0.4, -0.2) is 67.1 Å². The minimum atomic E-state index is -1.59. The van der Waals surface area contributed by atoms with Crippen LogP contribution < -0.4 is 25.4 Å². The molecule has 1 aliphatic heterocycles. The summed E-state index contributed by atoms with van der Waals surface area (Å²) in [6.07, 6.45) is 4.35. The molecular weight excluding hydrogens is 592 g/mol. The summed E-state index contributed by atoms with van der Waals surface area (Å²) in [6.45, 7) is 6.19. The molecule has 0 aliphatic carbocycles. The van der Waals surface area contributed by atoms with Crippen LogP contribution in [0.4, 0.5) is 17.6 Å². The summed E-state index contributed by atoms with van der Waals surface area (Å²) in [7, 11) is 0.124. The second-order valence-corrected chi connectivity index (χ2v) is 11.7. The fraction of sp³-hybridized carbons (Fsp3) is 0.321. The van der Waals surface area contributed by atoms with E-state index in [1.165, 1.54) is 18.6 Å². The molecule has 3 aromatic heterocycles. The average Bonchev–Trinajstić information content (AvgIpc) is 2.99. The topological polar surface area (TPSA) is 162 Å². The van der Waals surface area contributed by atoms with Gasteiger partial charge in [0.05, 0.1) is 40.6 Å². The molecule has 43 heavy (non-hydrogen) atoms. The molecule has 1 saturated heterocycles. The minimum Gasteiger partial charge on any atom is -0.377 e. The Kier molecular flexibility index (Phi) is 8.56. The van der Waals surface area contributed by atoms with E-state index in [0.717, 1.165) is 11.1 Å². The number of hydrogen-bond donors (Lipinski definition) is 2. The SMILES string of the molecule is Cc1cc(C(C)Nc2ccc(Cl)nc2C(=O)NS(C)=O)c2nc(N3CCN(c4ncc(C#N)cn4)CC3)n(C)c(=O)c2c1. The minimum absolute atomic E-state index is 0.000171. The molecule has 13 nitrogen and oxygen atoms in total. The number of carbonyl (C=O) groups is 1. The Bertz CT molecular complexity index is 1830. The molecule has 222 valence electrons. The van der Waals surface area contributed by atoms with Crippen LogP contribution in [0.3, 0.4) is 0 Å². The lowest BCUT2D eigenvalue weighted by atomic mass is 10.0. The summed E-state index contributed by atoms with van der Waals surface area (Å²) in [6, 6.07) is 8.59. The van der Waals surface area contributed by atoms with Crippen LogP contribution in [-0.2, 0) is 18.0 Å². The van der Waals surface area contributed by atoms with E-state index in [0.29, 0.717) is 60.2 Å². The van der Waals surface area contributed by atoms with Crippen molar-refractivity contribution in [1.29, 1.82) is 5.26 Å². The molecule has 2 unspecified atom stereocenters. The molecule has 1 aliphatic rings. The number of rotatable bonds is 7. The van der Waals surface area contributed by atoms with Gasteiger partial charge in [-0.3, -0.25) is 18.9 Å². The third-order valence-electron chi connectivity index (χ3n) is 7.09. The zero-order chi connectivity index (χ0) is 30.8. The van der Waals surface area contributed by atoms with Crippen molar-refractivity contribution in [3.05, 3.63) is 74.6 Å². The molecule has 5 rings (SSSR count). The first-order chi connectivity index (χ1) is 20.5. The van der Waals surface area contributed by atoms with Gasteiger partial charge in [-0.1, -0.05) is 17.7 Å². The van der Waals surface area contributed by atoms with Crippen LogP contribution >= 0.6 is 11.6 Å². The first-order valence-corrected chi connectivity index (χ1v) is 15.3. The largest absolute Gasteiger partial charge is 0.377 e. The summed E-state index contributed by atoms with van der Waals surface area (Å²) in [4.78, 5) is 48.1. The number of nitriles is 1.